The van der Waals surface area contributed by atoms with Gasteiger partial charge in [0, 0.05) is 48.4 Å². The topological polar surface area (TPSA) is 359 Å². The molecular weight excluding hydrogens is 977 g/mol. The van der Waals surface area contributed by atoms with Crippen LogP contribution < -0.4 is 31.1 Å². The van der Waals surface area contributed by atoms with E-state index in [2.05, 4.69) is 21.3 Å². The lowest BCUT2D eigenvalue weighted by Crippen LogP contribution is -2.45. The van der Waals surface area contributed by atoms with Crippen molar-refractivity contribution in [3.8, 4) is 0 Å². The number of aliphatic hydroxyl groups is 10. The van der Waals surface area contributed by atoms with E-state index in [4.69, 9.17) is 0 Å². The van der Waals surface area contributed by atoms with E-state index in [0.29, 0.717) is 0 Å². The highest BCUT2D eigenvalue weighted by Gasteiger charge is 2.33. The zero-order valence-corrected chi connectivity index (χ0v) is 47.5. The fourth-order valence-electron chi connectivity index (χ4n) is 7.11. The van der Waals surface area contributed by atoms with E-state index in [-0.39, 0.29) is 87.3 Å². The maximum atomic E-state index is 13.5. The van der Waals surface area contributed by atoms with Gasteiger partial charge in [0.2, 0.25) is 12.8 Å². The summed E-state index contributed by atoms with van der Waals surface area (Å²) in [4.78, 5) is 81.5. The molecule has 0 radical (unpaired) electrons. The van der Waals surface area contributed by atoms with Crippen LogP contribution in [0.2, 0.25) is 0 Å². The summed E-state index contributed by atoms with van der Waals surface area (Å²) in [6.45, 7) is 26.9. The quantitative estimate of drug-likeness (QED) is 0.0633. The smallest absolute Gasteiger partial charge is 0.252 e. The molecule has 2 aromatic carbocycles. The van der Waals surface area contributed by atoms with Gasteiger partial charge in [-0.1, -0.05) is 90.5 Å². The first-order valence-electron chi connectivity index (χ1n) is 25.5. The molecule has 14 N–H and O–H groups in total. The van der Waals surface area contributed by atoms with Gasteiger partial charge in [-0.15, -0.1) is 0 Å². The molecule has 0 spiro atoms. The Balaban J connectivity index is -0.000000850. The van der Waals surface area contributed by atoms with Crippen molar-refractivity contribution in [2.75, 3.05) is 75.5 Å². The summed E-state index contributed by atoms with van der Waals surface area (Å²) < 4.78 is 0. The van der Waals surface area contributed by atoms with Gasteiger partial charge in [-0.05, 0) is 74.9 Å². The zero-order chi connectivity index (χ0) is 59.2. The van der Waals surface area contributed by atoms with Gasteiger partial charge in [-0.25, -0.2) is 0 Å². The third-order valence-corrected chi connectivity index (χ3v) is 10.2. The number of carbonyl (C=O) groups excluding carboxylic acids is 6. The number of hydrogen-bond donors (Lipinski definition) is 14. The van der Waals surface area contributed by atoms with Crippen LogP contribution in [0.3, 0.4) is 0 Å². The number of rotatable bonds is 25. The standard InChI is InChI=1S/C40H60N6O16.6C2H6.CH4/c1-19-31(37(59)41-7-25(53)13-47)21(3)35(22(4)32(19)38(60)42-8-26(54)14-48)45(17-51)11-29(57)30(58)12-46(18-52)36-23(5)33(39(61)43-9-27(55)15-49)20(2)34(24(36)6)40(62)44-10-28(56)16-50;6*1-2;/h17-18,25-30,47-50,53-58H,7-16H2,1-6H3,(H,41,59)(H,42,60)(H,43,61)(H,44,62);6*1-2H3;1H4. The van der Waals surface area contributed by atoms with Crippen LogP contribution in [0.1, 0.15) is 165 Å². The molecule has 22 nitrogen and oxygen atoms in total. The SMILES string of the molecule is C.CC.CC.CC.CC.CC.CC.Cc1c(C(=O)NCC(O)CO)c(C)c(N(C=O)CC(O)C(O)CN(C=O)c2c(C)c(C(=O)NCC(O)CO)c(C)c(C(=O)NCC(O)CO)c2C)c(C)c1C(=O)NCC(O)CO. The molecule has 22 heteroatoms. The van der Waals surface area contributed by atoms with E-state index < -0.39 is 126 Å². The highest BCUT2D eigenvalue weighted by atomic mass is 16.3. The van der Waals surface area contributed by atoms with Crippen LogP contribution >= 0.6 is 0 Å². The van der Waals surface area contributed by atoms with Crippen molar-refractivity contribution < 1.29 is 79.8 Å². The number of carbonyl (C=O) groups is 6. The van der Waals surface area contributed by atoms with Crippen molar-refractivity contribution in [2.45, 2.75) is 169 Å². The molecule has 0 saturated carbocycles. The lowest BCUT2D eigenvalue weighted by Gasteiger charge is -2.32. The van der Waals surface area contributed by atoms with E-state index in [9.17, 15) is 79.8 Å². The number of nitrogens with one attached hydrogen (secondary N) is 4. The second-order valence-corrected chi connectivity index (χ2v) is 14.8. The fourth-order valence-corrected chi connectivity index (χ4v) is 7.11. The summed E-state index contributed by atoms with van der Waals surface area (Å²) in [5, 5.41) is 109. The third-order valence-electron chi connectivity index (χ3n) is 10.2. The van der Waals surface area contributed by atoms with E-state index in [0.717, 1.165) is 9.80 Å². The fraction of sp³-hybridized carbons (Fsp3) is 0.660. The summed E-state index contributed by atoms with van der Waals surface area (Å²) in [5.74, 6) is -3.26. The Bertz CT molecular complexity index is 1700. The molecule has 0 bridgehead atoms. The van der Waals surface area contributed by atoms with Gasteiger partial charge in [-0.2, -0.15) is 0 Å². The Morgan fingerprint density at radius 2 is 0.560 bits per heavy atom. The molecule has 75 heavy (non-hydrogen) atoms. The molecule has 6 amide bonds. The molecule has 0 heterocycles. The first-order chi connectivity index (χ1) is 35.2. The Morgan fingerprint density at radius 3 is 0.707 bits per heavy atom. The Morgan fingerprint density at radius 1 is 0.387 bits per heavy atom. The van der Waals surface area contributed by atoms with Gasteiger partial charge in [0.1, 0.15) is 0 Å². The highest BCUT2D eigenvalue weighted by Crippen LogP contribution is 2.36. The highest BCUT2D eigenvalue weighted by molar-refractivity contribution is 6.08. The van der Waals surface area contributed by atoms with Crippen molar-refractivity contribution in [3.05, 3.63) is 55.6 Å². The average Bonchev–Trinajstić information content (AvgIpc) is 3.42. The minimum Gasteiger partial charge on any atom is -0.394 e. The second-order valence-electron chi connectivity index (χ2n) is 14.8. The van der Waals surface area contributed by atoms with Crippen molar-refractivity contribution in [1.29, 1.82) is 0 Å². The van der Waals surface area contributed by atoms with E-state index in [1.54, 1.807) is 0 Å². The molecule has 6 unspecified atom stereocenters. The Kier molecular flexibility index (Phi) is 50.0. The molecular formula is C53H100N6O16. The van der Waals surface area contributed by atoms with Gasteiger partial charge < -0.3 is 82.1 Å². The maximum absolute atomic E-state index is 13.5. The number of anilines is 2. The Labute approximate surface area is 447 Å². The van der Waals surface area contributed by atoms with Gasteiger partial charge in [0.15, 0.2) is 0 Å². The molecule has 438 valence electrons. The predicted molar refractivity (Wildman–Crippen MR) is 297 cm³/mol. The molecule has 0 saturated heterocycles. The van der Waals surface area contributed by atoms with E-state index >= 15 is 0 Å². The minimum atomic E-state index is -1.87. The number of amides is 6. The van der Waals surface area contributed by atoms with Crippen molar-refractivity contribution in [2.24, 2.45) is 0 Å². The van der Waals surface area contributed by atoms with Crippen LogP contribution in [-0.2, 0) is 9.59 Å². The largest absolute Gasteiger partial charge is 0.394 e. The van der Waals surface area contributed by atoms with Crippen LogP contribution in [0.15, 0.2) is 0 Å². The first-order valence-corrected chi connectivity index (χ1v) is 25.5. The Hall–Kier alpha value is -5.14. The lowest BCUT2D eigenvalue weighted by molar-refractivity contribution is -0.109. The molecule has 0 aliphatic carbocycles. The molecule has 0 fully saturated rings. The molecule has 2 rings (SSSR count). The van der Waals surface area contributed by atoms with Crippen LogP contribution in [0, 0.1) is 41.5 Å². The first kappa shape index (κ1) is 81.2. The number of benzene rings is 2. The van der Waals surface area contributed by atoms with Gasteiger partial charge in [0.25, 0.3) is 23.6 Å². The minimum absolute atomic E-state index is 0. The maximum Gasteiger partial charge on any atom is 0.252 e. The van der Waals surface area contributed by atoms with E-state index in [1.807, 2.05) is 83.1 Å². The van der Waals surface area contributed by atoms with Gasteiger partial charge in [0.05, 0.1) is 87.5 Å². The molecule has 6 atom stereocenters. The molecule has 0 aromatic heterocycles. The molecule has 0 aliphatic heterocycles. The summed E-state index contributed by atoms with van der Waals surface area (Å²) in [7, 11) is 0. The lowest BCUT2D eigenvalue weighted by atomic mass is 9.89. The third kappa shape index (κ3) is 25.0. The number of hydrogen-bond acceptors (Lipinski definition) is 16. The summed E-state index contributed by atoms with van der Waals surface area (Å²) in [6.07, 6.45) is -8.55. The molecule has 0 aliphatic rings. The van der Waals surface area contributed by atoms with Crippen molar-refractivity contribution in [1.82, 2.24) is 21.3 Å². The van der Waals surface area contributed by atoms with Crippen molar-refractivity contribution in [3.63, 3.8) is 0 Å². The summed E-state index contributed by atoms with van der Waals surface area (Å²) in [6, 6.07) is 0. The second kappa shape index (κ2) is 46.2. The number of aliphatic hydroxyl groups excluding tert-OH is 10. The van der Waals surface area contributed by atoms with Crippen LogP contribution in [0.25, 0.3) is 0 Å². The zero-order valence-electron chi connectivity index (χ0n) is 47.5. The van der Waals surface area contributed by atoms with Crippen LogP contribution in [0.5, 0.6) is 0 Å². The van der Waals surface area contributed by atoms with Crippen LogP contribution in [0.4, 0.5) is 11.4 Å². The van der Waals surface area contributed by atoms with Crippen LogP contribution in [-0.4, -0.2) is 190 Å². The van der Waals surface area contributed by atoms with E-state index in [1.165, 1.54) is 41.5 Å². The average molecular weight is 1080 g/mol. The monoisotopic (exact) mass is 1080 g/mol. The predicted octanol–water partition coefficient (Wildman–Crippen LogP) is 2.01. The number of nitrogens with zero attached hydrogens (tertiary/aromatic N) is 2. The van der Waals surface area contributed by atoms with Gasteiger partial charge >= 0.3 is 0 Å². The normalized spacial score (nSPS) is 12.2. The molecule has 2 aromatic rings. The summed E-state index contributed by atoms with van der Waals surface area (Å²) in [5.41, 5.74) is 0.0817. The summed E-state index contributed by atoms with van der Waals surface area (Å²) >= 11 is 0. The van der Waals surface area contributed by atoms with Crippen molar-refractivity contribution >= 4 is 47.8 Å². The van der Waals surface area contributed by atoms with Gasteiger partial charge in [-0.3, -0.25) is 28.8 Å².